The van der Waals surface area contributed by atoms with Crippen LogP contribution in [0, 0.1) is 0 Å². The molecule has 12 heavy (non-hydrogen) atoms. The zero-order valence-electron chi connectivity index (χ0n) is 7.20. The Hall–Kier alpha value is -1.45. The Morgan fingerprint density at radius 3 is 3.08 bits per heavy atom. The number of hydrogen-bond acceptors (Lipinski definition) is 3. The number of nitrogens with one attached hydrogen (secondary N) is 1. The van der Waals surface area contributed by atoms with Gasteiger partial charge in [0.25, 0.3) is 0 Å². The van der Waals surface area contributed by atoms with Crippen LogP contribution in [0.3, 0.4) is 0 Å². The Morgan fingerprint density at radius 2 is 2.50 bits per heavy atom. The van der Waals surface area contributed by atoms with Gasteiger partial charge in [0.1, 0.15) is 5.69 Å². The molecule has 0 atom stereocenters. The number of carbonyl (C=O) groups is 1. The van der Waals surface area contributed by atoms with Gasteiger partial charge in [-0.05, 0) is 19.1 Å². The van der Waals surface area contributed by atoms with E-state index in [2.05, 4.69) is 5.43 Å². The van der Waals surface area contributed by atoms with E-state index >= 15 is 0 Å². The zero-order chi connectivity index (χ0) is 8.97. The summed E-state index contributed by atoms with van der Waals surface area (Å²) >= 11 is 0. The minimum Gasteiger partial charge on any atom is -0.461 e. The fraction of sp³-hybridized carbons (Fsp3) is 0.375. The summed E-state index contributed by atoms with van der Waals surface area (Å²) in [6.07, 6.45) is 1.76. The lowest BCUT2D eigenvalue weighted by Crippen LogP contribution is -2.16. The summed E-state index contributed by atoms with van der Waals surface area (Å²) in [5.74, 6) is -0.308. The van der Waals surface area contributed by atoms with Crippen LogP contribution < -0.4 is 5.43 Å². The molecule has 0 spiro atoms. The van der Waals surface area contributed by atoms with Crippen LogP contribution in [0.5, 0.6) is 0 Å². The number of hydrogen-bond donors (Lipinski definition) is 1. The van der Waals surface area contributed by atoms with Gasteiger partial charge in [-0.25, -0.2) is 4.79 Å². The van der Waals surface area contributed by atoms with Gasteiger partial charge in [-0.15, -0.1) is 0 Å². The summed E-state index contributed by atoms with van der Waals surface area (Å²) in [7, 11) is 1.74. The highest BCUT2D eigenvalue weighted by Gasteiger charge is 2.09. The second kappa shape index (κ2) is 3.80. The lowest BCUT2D eigenvalue weighted by Gasteiger charge is -2.06. The van der Waals surface area contributed by atoms with Crippen molar-refractivity contribution in [3.05, 3.63) is 24.0 Å². The molecule has 0 bridgehead atoms. The van der Waals surface area contributed by atoms with Gasteiger partial charge in [0.15, 0.2) is 0 Å². The molecule has 1 aromatic heterocycles. The molecule has 4 heteroatoms. The lowest BCUT2D eigenvalue weighted by atomic mass is 10.4. The van der Waals surface area contributed by atoms with Crippen LogP contribution in [0.25, 0.3) is 0 Å². The molecule has 0 aliphatic heterocycles. The molecule has 0 saturated carbocycles. The summed E-state index contributed by atoms with van der Waals surface area (Å²) in [5, 5.41) is 0. The number of esters is 1. The van der Waals surface area contributed by atoms with E-state index in [1.807, 2.05) is 0 Å². The topological polar surface area (TPSA) is 43.3 Å². The largest absolute Gasteiger partial charge is 0.461 e. The first-order valence-electron chi connectivity index (χ1n) is 3.81. The van der Waals surface area contributed by atoms with E-state index in [9.17, 15) is 4.79 Å². The van der Waals surface area contributed by atoms with Crippen molar-refractivity contribution in [1.29, 1.82) is 0 Å². The Balaban J connectivity index is 2.79. The third-order valence-electron chi connectivity index (χ3n) is 1.47. The molecule has 0 saturated heterocycles. The van der Waals surface area contributed by atoms with Crippen molar-refractivity contribution in [2.24, 2.45) is 0 Å². The Kier molecular flexibility index (Phi) is 2.74. The average molecular weight is 168 g/mol. The number of carbonyl (C=O) groups excluding carboxylic acids is 1. The minimum absolute atomic E-state index is 0.308. The van der Waals surface area contributed by atoms with Gasteiger partial charge in [0.05, 0.1) is 6.61 Å². The normalized spacial score (nSPS) is 9.50. The van der Waals surface area contributed by atoms with Gasteiger partial charge in [0, 0.05) is 13.2 Å². The van der Waals surface area contributed by atoms with Crippen molar-refractivity contribution >= 4 is 5.97 Å². The molecule has 1 N–H and O–H groups in total. The lowest BCUT2D eigenvalue weighted by molar-refractivity contribution is 0.0516. The molecular formula is C8H12N2O2. The third kappa shape index (κ3) is 1.58. The average Bonchev–Trinajstić information content (AvgIpc) is 2.51. The van der Waals surface area contributed by atoms with Gasteiger partial charge in [-0.2, -0.15) is 0 Å². The fourth-order valence-electron chi connectivity index (χ4n) is 0.947. The second-order valence-electron chi connectivity index (χ2n) is 2.21. The first kappa shape index (κ1) is 8.64. The molecule has 0 unspecified atom stereocenters. The highest BCUT2D eigenvalue weighted by molar-refractivity contribution is 5.87. The molecule has 0 radical (unpaired) electrons. The van der Waals surface area contributed by atoms with Crippen molar-refractivity contribution < 1.29 is 9.53 Å². The fourth-order valence-corrected chi connectivity index (χ4v) is 0.947. The van der Waals surface area contributed by atoms with Crippen LogP contribution in [0.15, 0.2) is 18.3 Å². The van der Waals surface area contributed by atoms with Crippen LogP contribution in [-0.2, 0) is 4.74 Å². The van der Waals surface area contributed by atoms with E-state index in [4.69, 9.17) is 4.74 Å². The Labute approximate surface area is 71.1 Å². The van der Waals surface area contributed by atoms with Crippen molar-refractivity contribution in [1.82, 2.24) is 4.68 Å². The summed E-state index contributed by atoms with van der Waals surface area (Å²) in [5.41, 5.74) is 3.34. The maximum atomic E-state index is 11.2. The van der Waals surface area contributed by atoms with Crippen molar-refractivity contribution in [3.8, 4) is 0 Å². The van der Waals surface area contributed by atoms with E-state index in [-0.39, 0.29) is 5.97 Å². The van der Waals surface area contributed by atoms with Crippen LogP contribution in [0.2, 0.25) is 0 Å². The minimum atomic E-state index is -0.308. The van der Waals surface area contributed by atoms with Gasteiger partial charge < -0.3 is 10.2 Å². The summed E-state index contributed by atoms with van der Waals surface area (Å²) in [6.45, 7) is 2.18. The second-order valence-corrected chi connectivity index (χ2v) is 2.21. The molecule has 1 aromatic rings. The molecule has 0 fully saturated rings. The first-order valence-corrected chi connectivity index (χ1v) is 3.81. The van der Waals surface area contributed by atoms with Gasteiger partial charge in [-0.3, -0.25) is 4.68 Å². The summed E-state index contributed by atoms with van der Waals surface area (Å²) < 4.78 is 6.44. The molecule has 1 heterocycles. The monoisotopic (exact) mass is 168 g/mol. The zero-order valence-corrected chi connectivity index (χ0v) is 7.20. The number of ether oxygens (including phenoxy) is 1. The third-order valence-corrected chi connectivity index (χ3v) is 1.47. The van der Waals surface area contributed by atoms with Crippen LogP contribution in [0.4, 0.5) is 0 Å². The maximum absolute atomic E-state index is 11.2. The maximum Gasteiger partial charge on any atom is 0.356 e. The molecule has 66 valence electrons. The van der Waals surface area contributed by atoms with Gasteiger partial charge >= 0.3 is 5.97 Å². The van der Waals surface area contributed by atoms with Crippen LogP contribution >= 0.6 is 0 Å². The van der Waals surface area contributed by atoms with Crippen LogP contribution in [0.1, 0.15) is 17.4 Å². The molecule has 0 aromatic carbocycles. The van der Waals surface area contributed by atoms with Crippen LogP contribution in [-0.4, -0.2) is 24.3 Å². The standard InChI is InChI=1S/C8H12N2O2/c1-3-12-8(11)7-5-4-6-10(7)9-2/h4-6,9H,3H2,1-2H3. The predicted octanol–water partition coefficient (Wildman–Crippen LogP) is 0.838. The van der Waals surface area contributed by atoms with Crippen molar-refractivity contribution in [3.63, 3.8) is 0 Å². The molecule has 0 aliphatic rings. The quantitative estimate of drug-likeness (QED) is 0.680. The Bertz CT molecular complexity index is 268. The summed E-state index contributed by atoms with van der Waals surface area (Å²) in [4.78, 5) is 11.2. The van der Waals surface area contributed by atoms with E-state index in [0.29, 0.717) is 12.3 Å². The van der Waals surface area contributed by atoms with E-state index in [1.54, 1.807) is 37.0 Å². The summed E-state index contributed by atoms with van der Waals surface area (Å²) in [6, 6.07) is 3.48. The van der Waals surface area contributed by atoms with E-state index in [0.717, 1.165) is 0 Å². The number of rotatable bonds is 3. The number of nitrogens with zero attached hydrogens (tertiary/aromatic N) is 1. The highest BCUT2D eigenvalue weighted by atomic mass is 16.5. The molecular weight excluding hydrogens is 156 g/mol. The molecule has 4 nitrogen and oxygen atoms in total. The Morgan fingerprint density at radius 1 is 1.75 bits per heavy atom. The van der Waals surface area contributed by atoms with Crippen molar-refractivity contribution in [2.45, 2.75) is 6.92 Å². The molecule has 0 aliphatic carbocycles. The van der Waals surface area contributed by atoms with Gasteiger partial charge in [-0.1, -0.05) is 0 Å². The SMILES string of the molecule is CCOC(=O)c1cccn1NC. The smallest absolute Gasteiger partial charge is 0.356 e. The molecule has 1 rings (SSSR count). The van der Waals surface area contributed by atoms with Crippen molar-refractivity contribution in [2.75, 3.05) is 19.1 Å². The highest BCUT2D eigenvalue weighted by Crippen LogP contribution is 2.01. The number of aromatic nitrogens is 1. The van der Waals surface area contributed by atoms with E-state index in [1.165, 1.54) is 0 Å². The van der Waals surface area contributed by atoms with Gasteiger partial charge in [0.2, 0.25) is 0 Å². The first-order chi connectivity index (χ1) is 5.79. The molecule has 0 amide bonds. The van der Waals surface area contributed by atoms with E-state index < -0.39 is 0 Å². The predicted molar refractivity (Wildman–Crippen MR) is 45.7 cm³/mol.